The summed E-state index contributed by atoms with van der Waals surface area (Å²) in [7, 11) is 0. The number of carbonyl (C=O) groups is 2. The van der Waals surface area contributed by atoms with Gasteiger partial charge in [0.2, 0.25) is 0 Å². The molecule has 0 amide bonds. The van der Waals surface area contributed by atoms with Crippen molar-refractivity contribution in [3.05, 3.63) is 35.9 Å². The van der Waals surface area contributed by atoms with Crippen LogP contribution in [0.4, 0.5) is 0 Å². The first-order valence-corrected chi connectivity index (χ1v) is 6.56. The Kier molecular flexibility index (Phi) is 2.81. The Bertz CT molecular complexity index is 502. The predicted octanol–water partition coefficient (Wildman–Crippen LogP) is 2.23. The third-order valence-electron chi connectivity index (χ3n) is 4.48. The van der Waals surface area contributed by atoms with Gasteiger partial charge in [0.1, 0.15) is 6.61 Å². The van der Waals surface area contributed by atoms with Crippen LogP contribution in [0.3, 0.4) is 0 Å². The number of rotatable bonds is 4. The number of benzene rings is 1. The predicted molar refractivity (Wildman–Crippen MR) is 67.1 cm³/mol. The maximum Gasteiger partial charge on any atom is 0.310 e. The summed E-state index contributed by atoms with van der Waals surface area (Å²) in [5, 5.41) is 9.31. The molecule has 0 aliphatic heterocycles. The lowest BCUT2D eigenvalue weighted by Crippen LogP contribution is -2.43. The Hall–Kier alpha value is -1.84. The Balaban J connectivity index is 1.64. The Morgan fingerprint density at radius 1 is 1.26 bits per heavy atom. The molecular weight excluding hydrogens is 244 g/mol. The zero-order valence-electron chi connectivity index (χ0n) is 10.5. The van der Waals surface area contributed by atoms with E-state index in [1.807, 2.05) is 30.3 Å². The third kappa shape index (κ3) is 1.91. The van der Waals surface area contributed by atoms with E-state index in [1.165, 1.54) is 0 Å². The van der Waals surface area contributed by atoms with Gasteiger partial charge in [-0.15, -0.1) is 0 Å². The Morgan fingerprint density at radius 3 is 2.58 bits per heavy atom. The maximum absolute atomic E-state index is 12.1. The maximum atomic E-state index is 12.1. The van der Waals surface area contributed by atoms with Crippen molar-refractivity contribution in [1.82, 2.24) is 0 Å². The first-order valence-electron chi connectivity index (χ1n) is 6.56. The summed E-state index contributed by atoms with van der Waals surface area (Å²) in [5.74, 6) is -1.27. The second-order valence-corrected chi connectivity index (χ2v) is 5.62. The van der Waals surface area contributed by atoms with Crippen molar-refractivity contribution in [1.29, 1.82) is 0 Å². The number of hydrogen-bond acceptors (Lipinski definition) is 3. The number of hydrogen-bond donors (Lipinski definition) is 1. The van der Waals surface area contributed by atoms with Gasteiger partial charge in [0, 0.05) is 0 Å². The van der Waals surface area contributed by atoms with Crippen molar-refractivity contribution in [2.75, 3.05) is 0 Å². The van der Waals surface area contributed by atoms with Crippen LogP contribution >= 0.6 is 0 Å². The summed E-state index contributed by atoms with van der Waals surface area (Å²) in [4.78, 5) is 23.4. The summed E-state index contributed by atoms with van der Waals surface area (Å²) >= 11 is 0. The summed E-state index contributed by atoms with van der Waals surface area (Å²) in [6, 6.07) is 9.43. The zero-order chi connectivity index (χ0) is 13.5. The third-order valence-corrected chi connectivity index (χ3v) is 4.48. The van der Waals surface area contributed by atoms with Gasteiger partial charge in [-0.1, -0.05) is 30.3 Å². The van der Waals surface area contributed by atoms with Crippen LogP contribution in [0.5, 0.6) is 0 Å². The van der Waals surface area contributed by atoms with Crippen molar-refractivity contribution in [2.45, 2.75) is 25.9 Å². The second-order valence-electron chi connectivity index (χ2n) is 5.62. The van der Waals surface area contributed by atoms with Gasteiger partial charge in [0.15, 0.2) is 0 Å². The molecule has 1 unspecified atom stereocenters. The Labute approximate surface area is 111 Å². The minimum atomic E-state index is -0.845. The normalized spacial score (nSPS) is 31.6. The fourth-order valence-electron chi connectivity index (χ4n) is 3.46. The van der Waals surface area contributed by atoms with E-state index in [0.717, 1.165) is 5.56 Å². The van der Waals surface area contributed by atoms with E-state index < -0.39 is 17.3 Å². The lowest BCUT2D eigenvalue weighted by molar-refractivity contribution is -0.167. The smallest absolute Gasteiger partial charge is 0.310 e. The molecule has 1 aromatic rings. The number of aliphatic carboxylic acids is 1. The van der Waals surface area contributed by atoms with Crippen molar-refractivity contribution in [2.24, 2.45) is 17.3 Å². The summed E-state index contributed by atoms with van der Waals surface area (Å²) in [6.45, 7) is 0.219. The molecule has 3 fully saturated rings. The van der Waals surface area contributed by atoms with E-state index in [9.17, 15) is 14.7 Å². The van der Waals surface area contributed by atoms with E-state index in [-0.39, 0.29) is 12.6 Å². The number of ether oxygens (including phenoxy) is 1. The molecule has 1 atom stereocenters. The van der Waals surface area contributed by atoms with E-state index in [0.29, 0.717) is 25.2 Å². The fourth-order valence-corrected chi connectivity index (χ4v) is 3.46. The highest BCUT2D eigenvalue weighted by atomic mass is 16.5. The first kappa shape index (κ1) is 12.2. The quantitative estimate of drug-likeness (QED) is 0.843. The van der Waals surface area contributed by atoms with Crippen molar-refractivity contribution in [3.8, 4) is 0 Å². The minimum absolute atomic E-state index is 0.219. The van der Waals surface area contributed by atoms with E-state index in [4.69, 9.17) is 4.74 Å². The molecule has 4 rings (SSSR count). The average molecular weight is 260 g/mol. The largest absolute Gasteiger partial charge is 0.481 e. The molecule has 19 heavy (non-hydrogen) atoms. The molecule has 2 bridgehead atoms. The van der Waals surface area contributed by atoms with E-state index >= 15 is 0 Å². The minimum Gasteiger partial charge on any atom is -0.481 e. The van der Waals surface area contributed by atoms with Crippen LogP contribution in [-0.4, -0.2) is 17.0 Å². The Morgan fingerprint density at radius 2 is 1.95 bits per heavy atom. The highest BCUT2D eigenvalue weighted by molar-refractivity contribution is 5.86. The van der Waals surface area contributed by atoms with Gasteiger partial charge >= 0.3 is 11.9 Å². The number of carboxylic acid groups (broad SMARTS) is 1. The molecule has 0 spiro atoms. The molecular formula is C15H16O4. The van der Waals surface area contributed by atoms with Crippen molar-refractivity contribution >= 4 is 11.9 Å². The van der Waals surface area contributed by atoms with E-state index in [1.54, 1.807) is 0 Å². The average Bonchev–Trinajstić information content (AvgIpc) is 2.93. The fraction of sp³-hybridized carbons (Fsp3) is 0.467. The molecule has 0 aromatic heterocycles. The number of carbonyl (C=O) groups excluding carboxylic acids is 1. The van der Waals surface area contributed by atoms with Crippen LogP contribution in [0.25, 0.3) is 0 Å². The van der Waals surface area contributed by atoms with Gasteiger partial charge in [-0.3, -0.25) is 9.59 Å². The van der Waals surface area contributed by atoms with E-state index in [2.05, 4.69) is 0 Å². The molecule has 0 radical (unpaired) electrons. The molecule has 1 N–H and O–H groups in total. The van der Waals surface area contributed by atoms with Gasteiger partial charge in [0.05, 0.1) is 11.3 Å². The lowest BCUT2D eigenvalue weighted by atomic mass is 9.67. The summed E-state index contributed by atoms with van der Waals surface area (Å²) < 4.78 is 5.28. The second kappa shape index (κ2) is 4.37. The van der Waals surface area contributed by atoms with Gasteiger partial charge < -0.3 is 9.84 Å². The van der Waals surface area contributed by atoms with Crippen molar-refractivity contribution in [3.63, 3.8) is 0 Å². The molecule has 4 nitrogen and oxygen atoms in total. The van der Waals surface area contributed by atoms with Crippen LogP contribution < -0.4 is 0 Å². The molecule has 3 saturated carbocycles. The van der Waals surface area contributed by atoms with Gasteiger partial charge in [0.25, 0.3) is 0 Å². The highest BCUT2D eigenvalue weighted by Gasteiger charge is 2.65. The number of carboxylic acids is 1. The van der Waals surface area contributed by atoms with Crippen molar-refractivity contribution < 1.29 is 19.4 Å². The van der Waals surface area contributed by atoms with Crippen LogP contribution in [-0.2, 0) is 20.9 Å². The molecule has 3 aliphatic rings. The lowest BCUT2D eigenvalue weighted by Gasteiger charge is -2.36. The van der Waals surface area contributed by atoms with Gasteiger partial charge in [-0.05, 0) is 30.7 Å². The number of fused-ring (bicyclic) bond motifs is 1. The topological polar surface area (TPSA) is 63.6 Å². The monoisotopic (exact) mass is 260 g/mol. The zero-order valence-corrected chi connectivity index (χ0v) is 10.5. The van der Waals surface area contributed by atoms with Crippen LogP contribution in [0, 0.1) is 17.3 Å². The summed E-state index contributed by atoms with van der Waals surface area (Å²) in [5.41, 5.74) is 0.0869. The van der Waals surface area contributed by atoms with Gasteiger partial charge in [-0.25, -0.2) is 0 Å². The molecule has 0 heterocycles. The molecule has 4 heteroatoms. The molecule has 3 aliphatic carbocycles. The van der Waals surface area contributed by atoms with Crippen LogP contribution in [0.2, 0.25) is 0 Å². The van der Waals surface area contributed by atoms with Crippen LogP contribution in [0.1, 0.15) is 24.8 Å². The standard InChI is InChI=1S/C15H16O4/c16-13(19-9-10-4-2-1-3-5-10)12-6-11-7-15(12,8-11)14(17)18/h1-5,11-12H,6-9H2,(H,17,18). The SMILES string of the molecule is O=C(OCc1ccccc1)C1CC2CC1(C(=O)O)C2. The first-order chi connectivity index (χ1) is 9.12. The van der Waals surface area contributed by atoms with Gasteiger partial charge in [-0.2, -0.15) is 0 Å². The highest BCUT2D eigenvalue weighted by Crippen LogP contribution is 2.62. The molecule has 1 aromatic carbocycles. The molecule has 0 saturated heterocycles. The summed E-state index contributed by atoms with van der Waals surface area (Å²) in [6.07, 6.45) is 1.93. The number of esters is 1. The van der Waals surface area contributed by atoms with Crippen LogP contribution in [0.15, 0.2) is 30.3 Å². The molecule has 100 valence electrons.